The maximum Gasteiger partial charge on any atom is 0.214 e. The largest absolute Gasteiger partial charge is 0.394 e. The van der Waals surface area contributed by atoms with E-state index < -0.39 is 15.6 Å². The summed E-state index contributed by atoms with van der Waals surface area (Å²) in [5.74, 6) is 0.120. The minimum Gasteiger partial charge on any atom is -0.394 e. The molecule has 0 aliphatic carbocycles. The molecular weight excluding hydrogens is 206 g/mol. The smallest absolute Gasteiger partial charge is 0.214 e. The van der Waals surface area contributed by atoms with E-state index >= 15 is 0 Å². The van der Waals surface area contributed by atoms with Crippen LogP contribution in [-0.2, 0) is 10.0 Å². The Labute approximate surface area is 84.4 Å². The third-order valence-electron chi connectivity index (χ3n) is 2.88. The molecule has 14 heavy (non-hydrogen) atoms. The van der Waals surface area contributed by atoms with Crippen molar-refractivity contribution in [2.24, 2.45) is 0 Å². The van der Waals surface area contributed by atoms with Crippen molar-refractivity contribution in [2.45, 2.75) is 25.3 Å². The fourth-order valence-electron chi connectivity index (χ4n) is 1.78. The number of nitrogens with zero attached hydrogens (tertiary/aromatic N) is 1. The van der Waals surface area contributed by atoms with Crippen molar-refractivity contribution in [2.75, 3.05) is 25.5 Å². The van der Waals surface area contributed by atoms with Crippen LogP contribution in [-0.4, -0.2) is 54.0 Å². The number of hydrogen-bond acceptors (Lipinski definition) is 4. The molecule has 1 aliphatic rings. The van der Waals surface area contributed by atoms with E-state index in [9.17, 15) is 18.6 Å². The highest BCUT2D eigenvalue weighted by molar-refractivity contribution is 7.89. The lowest BCUT2D eigenvalue weighted by atomic mass is 9.98. The molecule has 0 atom stereocenters. The number of hydrogen-bond donors (Lipinski definition) is 2. The van der Waals surface area contributed by atoms with Gasteiger partial charge in [0.25, 0.3) is 0 Å². The Kier molecular flexibility index (Phi) is 3.52. The maximum absolute atomic E-state index is 11.6. The quantitative estimate of drug-likeness (QED) is 0.651. The van der Waals surface area contributed by atoms with Crippen LogP contribution in [0.2, 0.25) is 0 Å². The van der Waals surface area contributed by atoms with Gasteiger partial charge in [0.05, 0.1) is 24.5 Å². The molecular formula is C8H17NO4S. The monoisotopic (exact) mass is 223 g/mol. The summed E-state index contributed by atoms with van der Waals surface area (Å²) in [7, 11) is -3.27. The van der Waals surface area contributed by atoms with E-state index in [0.717, 1.165) is 0 Å². The van der Waals surface area contributed by atoms with Gasteiger partial charge in [0, 0.05) is 6.54 Å². The zero-order valence-electron chi connectivity index (χ0n) is 8.31. The van der Waals surface area contributed by atoms with Crippen LogP contribution >= 0.6 is 0 Å². The van der Waals surface area contributed by atoms with E-state index in [4.69, 9.17) is 0 Å². The van der Waals surface area contributed by atoms with Crippen molar-refractivity contribution in [3.63, 3.8) is 0 Å². The first-order chi connectivity index (χ1) is 6.52. The second-order valence-electron chi connectivity index (χ2n) is 3.64. The van der Waals surface area contributed by atoms with Crippen molar-refractivity contribution < 1.29 is 18.6 Å². The van der Waals surface area contributed by atoms with Crippen LogP contribution in [0.1, 0.15) is 19.8 Å². The van der Waals surface area contributed by atoms with Crippen LogP contribution in [0.4, 0.5) is 0 Å². The van der Waals surface area contributed by atoms with Gasteiger partial charge < -0.3 is 10.2 Å². The molecule has 0 aromatic carbocycles. The van der Waals surface area contributed by atoms with Crippen LogP contribution in [0.3, 0.4) is 0 Å². The Morgan fingerprint density at radius 3 is 2.21 bits per heavy atom. The van der Waals surface area contributed by atoms with Gasteiger partial charge in [-0.3, -0.25) is 0 Å². The standard InChI is InChI=1S/C8H17NO4S/c1-2-8(6-10,7-11)9-4-3-5-14(9,12)13/h10-11H,2-7H2,1H3. The van der Waals surface area contributed by atoms with E-state index in [1.807, 2.05) is 0 Å². The van der Waals surface area contributed by atoms with Crippen molar-refractivity contribution in [1.82, 2.24) is 4.31 Å². The molecule has 0 aromatic heterocycles. The molecule has 1 saturated heterocycles. The Hall–Kier alpha value is -0.170. The molecule has 1 aliphatic heterocycles. The van der Waals surface area contributed by atoms with Crippen LogP contribution in [0, 0.1) is 0 Å². The minimum atomic E-state index is -3.27. The second kappa shape index (κ2) is 4.14. The average molecular weight is 223 g/mol. The van der Waals surface area contributed by atoms with E-state index in [2.05, 4.69) is 0 Å². The normalized spacial score (nSPS) is 22.8. The summed E-state index contributed by atoms with van der Waals surface area (Å²) in [6, 6.07) is 0. The van der Waals surface area contributed by atoms with Gasteiger partial charge in [-0.2, -0.15) is 4.31 Å². The van der Waals surface area contributed by atoms with E-state index in [1.54, 1.807) is 6.92 Å². The van der Waals surface area contributed by atoms with Gasteiger partial charge in [0.15, 0.2) is 0 Å². The van der Waals surface area contributed by atoms with Crippen LogP contribution < -0.4 is 0 Å². The topological polar surface area (TPSA) is 77.8 Å². The number of aliphatic hydroxyl groups is 2. The molecule has 2 N–H and O–H groups in total. The molecule has 0 amide bonds. The molecule has 1 heterocycles. The Morgan fingerprint density at radius 1 is 1.36 bits per heavy atom. The predicted molar refractivity (Wildman–Crippen MR) is 52.3 cm³/mol. The molecule has 0 saturated carbocycles. The fraction of sp³-hybridized carbons (Fsp3) is 1.00. The average Bonchev–Trinajstić information content (AvgIpc) is 2.51. The van der Waals surface area contributed by atoms with Crippen molar-refractivity contribution in [1.29, 1.82) is 0 Å². The highest BCUT2D eigenvalue weighted by Crippen LogP contribution is 2.27. The molecule has 0 aromatic rings. The van der Waals surface area contributed by atoms with Gasteiger partial charge in [0.1, 0.15) is 0 Å². The third kappa shape index (κ3) is 1.79. The molecule has 0 bridgehead atoms. The lowest BCUT2D eigenvalue weighted by Crippen LogP contribution is -2.54. The summed E-state index contributed by atoms with van der Waals surface area (Å²) in [6.07, 6.45) is 0.989. The summed E-state index contributed by atoms with van der Waals surface area (Å²) in [5.41, 5.74) is -1.00. The minimum absolute atomic E-state index is 0.120. The van der Waals surface area contributed by atoms with Crippen molar-refractivity contribution >= 4 is 10.0 Å². The van der Waals surface area contributed by atoms with Gasteiger partial charge in [-0.25, -0.2) is 8.42 Å². The first kappa shape index (κ1) is 11.9. The first-order valence-corrected chi connectivity index (χ1v) is 6.35. The Balaban J connectivity index is 3.00. The van der Waals surface area contributed by atoms with Crippen molar-refractivity contribution in [3.05, 3.63) is 0 Å². The summed E-state index contributed by atoms with van der Waals surface area (Å²) in [6.45, 7) is 1.50. The van der Waals surface area contributed by atoms with Crippen LogP contribution in [0.25, 0.3) is 0 Å². The van der Waals surface area contributed by atoms with E-state index in [-0.39, 0.29) is 19.0 Å². The van der Waals surface area contributed by atoms with Gasteiger partial charge in [-0.1, -0.05) is 6.92 Å². The maximum atomic E-state index is 11.6. The fourth-order valence-corrected chi connectivity index (χ4v) is 3.74. The molecule has 0 unspecified atom stereocenters. The number of rotatable bonds is 4. The lowest BCUT2D eigenvalue weighted by Gasteiger charge is -2.36. The molecule has 84 valence electrons. The van der Waals surface area contributed by atoms with E-state index in [0.29, 0.717) is 19.4 Å². The zero-order valence-corrected chi connectivity index (χ0v) is 9.13. The summed E-state index contributed by atoms with van der Waals surface area (Å²) >= 11 is 0. The third-order valence-corrected chi connectivity index (χ3v) is 4.92. The molecule has 1 rings (SSSR count). The van der Waals surface area contributed by atoms with Crippen molar-refractivity contribution in [3.8, 4) is 0 Å². The van der Waals surface area contributed by atoms with Gasteiger partial charge >= 0.3 is 0 Å². The highest BCUT2D eigenvalue weighted by atomic mass is 32.2. The first-order valence-electron chi connectivity index (χ1n) is 4.74. The Morgan fingerprint density at radius 2 is 1.93 bits per heavy atom. The van der Waals surface area contributed by atoms with Crippen LogP contribution in [0.15, 0.2) is 0 Å². The van der Waals surface area contributed by atoms with Crippen LogP contribution in [0.5, 0.6) is 0 Å². The van der Waals surface area contributed by atoms with Gasteiger partial charge in [-0.15, -0.1) is 0 Å². The SMILES string of the molecule is CCC(CO)(CO)N1CCCS1(=O)=O. The molecule has 5 nitrogen and oxygen atoms in total. The van der Waals surface area contributed by atoms with E-state index in [1.165, 1.54) is 4.31 Å². The highest BCUT2D eigenvalue weighted by Gasteiger charge is 2.44. The predicted octanol–water partition coefficient (Wildman–Crippen LogP) is -0.845. The summed E-state index contributed by atoms with van der Waals surface area (Å²) < 4.78 is 24.4. The number of sulfonamides is 1. The summed E-state index contributed by atoms with van der Waals surface area (Å²) in [4.78, 5) is 0. The molecule has 1 fully saturated rings. The molecule has 0 spiro atoms. The molecule has 0 radical (unpaired) electrons. The zero-order chi connectivity index (χ0) is 10.8. The summed E-state index contributed by atoms with van der Waals surface area (Å²) in [5, 5.41) is 18.4. The van der Waals surface area contributed by atoms with Gasteiger partial charge in [-0.05, 0) is 12.8 Å². The number of aliphatic hydroxyl groups excluding tert-OH is 2. The van der Waals surface area contributed by atoms with Gasteiger partial charge in [0.2, 0.25) is 10.0 Å². The molecule has 6 heteroatoms. The second-order valence-corrected chi connectivity index (χ2v) is 5.65. The Bertz CT molecular complexity index is 275. The lowest BCUT2D eigenvalue weighted by molar-refractivity contribution is 0.0364.